The molecule has 2 amide bonds. The fourth-order valence-corrected chi connectivity index (χ4v) is 4.76. The maximum Gasteiger partial charge on any atom is 0.244 e. The summed E-state index contributed by atoms with van der Waals surface area (Å²) >= 11 is 6.14. The van der Waals surface area contributed by atoms with Crippen molar-refractivity contribution < 1.29 is 18.0 Å². The SMILES string of the molecule is CC[C@H](C)NC(=O)[C@H](CC)N(Cc1ccc(C)cc1)C(=O)CN(c1cc(Cl)ccc1C)S(C)(=O)=O. The first-order chi connectivity index (χ1) is 16.4. The number of amides is 2. The van der Waals surface area contributed by atoms with Crippen LogP contribution in [0, 0.1) is 13.8 Å². The minimum atomic E-state index is -3.81. The zero-order valence-corrected chi connectivity index (χ0v) is 22.9. The lowest BCUT2D eigenvalue weighted by atomic mass is 10.1. The first-order valence-corrected chi connectivity index (χ1v) is 14.0. The molecule has 0 unspecified atom stereocenters. The number of halogens is 1. The summed E-state index contributed by atoms with van der Waals surface area (Å²) in [4.78, 5) is 28.3. The number of carbonyl (C=O) groups is 2. The summed E-state index contributed by atoms with van der Waals surface area (Å²) in [7, 11) is -3.81. The fourth-order valence-electron chi connectivity index (χ4n) is 3.70. The van der Waals surface area contributed by atoms with Gasteiger partial charge in [0.15, 0.2) is 0 Å². The number of hydrogen-bond donors (Lipinski definition) is 1. The van der Waals surface area contributed by atoms with Crippen LogP contribution >= 0.6 is 11.6 Å². The van der Waals surface area contributed by atoms with Gasteiger partial charge in [0.1, 0.15) is 12.6 Å². The van der Waals surface area contributed by atoms with Gasteiger partial charge >= 0.3 is 0 Å². The third-order valence-electron chi connectivity index (χ3n) is 5.98. The van der Waals surface area contributed by atoms with E-state index in [1.54, 1.807) is 19.1 Å². The van der Waals surface area contributed by atoms with Crippen LogP contribution in [0.1, 0.15) is 50.3 Å². The maximum absolute atomic E-state index is 13.7. The molecule has 0 aromatic heterocycles. The standard InChI is InChI=1S/C26H36ClN3O4S/c1-7-20(5)28-26(32)23(8-2)29(16-21-12-9-18(3)10-13-21)25(31)17-30(35(6,33)34)24-15-22(27)14-11-19(24)4/h9-15,20,23H,7-8,16-17H2,1-6H3,(H,28,32)/t20-,23-/m0/s1. The molecule has 0 bridgehead atoms. The molecule has 0 heterocycles. The molecule has 2 atom stereocenters. The lowest BCUT2D eigenvalue weighted by Crippen LogP contribution is -2.53. The predicted octanol–water partition coefficient (Wildman–Crippen LogP) is 4.44. The van der Waals surface area contributed by atoms with Crippen molar-refractivity contribution >= 4 is 39.1 Å². The molecule has 2 aromatic rings. The van der Waals surface area contributed by atoms with E-state index in [9.17, 15) is 18.0 Å². The number of anilines is 1. The summed E-state index contributed by atoms with van der Waals surface area (Å²) in [5.74, 6) is -0.728. The zero-order chi connectivity index (χ0) is 26.3. The highest BCUT2D eigenvalue weighted by molar-refractivity contribution is 7.92. The van der Waals surface area contributed by atoms with Gasteiger partial charge in [-0.1, -0.05) is 61.3 Å². The van der Waals surface area contributed by atoms with E-state index in [-0.39, 0.29) is 18.5 Å². The summed E-state index contributed by atoms with van der Waals surface area (Å²) in [5, 5.41) is 3.32. The van der Waals surface area contributed by atoms with Crippen LogP contribution < -0.4 is 9.62 Å². The Kier molecular flexibility index (Phi) is 10.2. The van der Waals surface area contributed by atoms with E-state index in [4.69, 9.17) is 11.6 Å². The predicted molar refractivity (Wildman–Crippen MR) is 142 cm³/mol. The molecule has 192 valence electrons. The van der Waals surface area contributed by atoms with Gasteiger partial charge in [-0.25, -0.2) is 8.42 Å². The molecule has 0 saturated heterocycles. The van der Waals surface area contributed by atoms with Crippen molar-refractivity contribution in [1.82, 2.24) is 10.2 Å². The molecule has 0 radical (unpaired) electrons. The van der Waals surface area contributed by atoms with E-state index >= 15 is 0 Å². The normalized spacial score (nSPS) is 13.1. The van der Waals surface area contributed by atoms with E-state index in [0.29, 0.717) is 22.7 Å². The number of nitrogens with one attached hydrogen (secondary N) is 1. The quantitative estimate of drug-likeness (QED) is 0.473. The molecule has 0 spiro atoms. The van der Waals surface area contributed by atoms with Gasteiger partial charge in [-0.3, -0.25) is 13.9 Å². The molecule has 0 fully saturated rings. The van der Waals surface area contributed by atoms with Crippen molar-refractivity contribution in [2.45, 2.75) is 66.1 Å². The van der Waals surface area contributed by atoms with E-state index < -0.39 is 28.5 Å². The molecule has 0 aliphatic heterocycles. The van der Waals surface area contributed by atoms with Crippen molar-refractivity contribution in [2.75, 3.05) is 17.1 Å². The number of hydrogen-bond acceptors (Lipinski definition) is 4. The van der Waals surface area contributed by atoms with Gasteiger partial charge in [0, 0.05) is 17.6 Å². The average Bonchev–Trinajstić information content (AvgIpc) is 2.79. The Hall–Kier alpha value is -2.58. The van der Waals surface area contributed by atoms with Gasteiger partial charge in [-0.15, -0.1) is 0 Å². The number of rotatable bonds is 11. The number of carbonyl (C=O) groups excluding carboxylic acids is 2. The maximum atomic E-state index is 13.7. The van der Waals surface area contributed by atoms with Gasteiger partial charge < -0.3 is 10.2 Å². The highest BCUT2D eigenvalue weighted by atomic mass is 35.5. The van der Waals surface area contributed by atoms with Crippen molar-refractivity contribution in [3.8, 4) is 0 Å². The highest BCUT2D eigenvalue weighted by Crippen LogP contribution is 2.27. The van der Waals surface area contributed by atoms with Crippen LogP contribution in [0.25, 0.3) is 0 Å². The molecule has 0 saturated carbocycles. The molecule has 2 aromatic carbocycles. The Morgan fingerprint density at radius 1 is 1.03 bits per heavy atom. The third kappa shape index (κ3) is 7.97. The first kappa shape index (κ1) is 28.7. The van der Waals surface area contributed by atoms with Crippen LogP contribution in [0.3, 0.4) is 0 Å². The van der Waals surface area contributed by atoms with Crippen LogP contribution in [0.5, 0.6) is 0 Å². The second-order valence-corrected chi connectivity index (χ2v) is 11.3. The molecule has 0 aliphatic carbocycles. The second kappa shape index (κ2) is 12.4. The molecular formula is C26H36ClN3O4S. The van der Waals surface area contributed by atoms with E-state index in [1.807, 2.05) is 52.0 Å². The van der Waals surface area contributed by atoms with Gasteiger partial charge in [0.25, 0.3) is 0 Å². The smallest absolute Gasteiger partial charge is 0.244 e. The van der Waals surface area contributed by atoms with Crippen molar-refractivity contribution in [1.29, 1.82) is 0 Å². The molecule has 0 aliphatic rings. The minimum absolute atomic E-state index is 0.0468. The first-order valence-electron chi connectivity index (χ1n) is 11.8. The summed E-state index contributed by atoms with van der Waals surface area (Å²) in [6, 6.07) is 11.8. The monoisotopic (exact) mass is 521 g/mol. The summed E-state index contributed by atoms with van der Waals surface area (Å²) in [6.45, 7) is 9.18. The molecule has 1 N–H and O–H groups in total. The van der Waals surface area contributed by atoms with E-state index in [1.165, 1.54) is 11.0 Å². The molecule has 9 heteroatoms. The van der Waals surface area contributed by atoms with Crippen molar-refractivity contribution in [2.24, 2.45) is 0 Å². The molecule has 35 heavy (non-hydrogen) atoms. The lowest BCUT2D eigenvalue weighted by Gasteiger charge is -2.33. The van der Waals surface area contributed by atoms with Crippen molar-refractivity contribution in [3.63, 3.8) is 0 Å². The van der Waals surface area contributed by atoms with Gasteiger partial charge in [0.05, 0.1) is 11.9 Å². The fraction of sp³-hybridized carbons (Fsp3) is 0.462. The van der Waals surface area contributed by atoms with Gasteiger partial charge in [-0.2, -0.15) is 0 Å². The Morgan fingerprint density at radius 3 is 2.20 bits per heavy atom. The topological polar surface area (TPSA) is 86.8 Å². The molecule has 2 rings (SSSR count). The van der Waals surface area contributed by atoms with Crippen LogP contribution in [-0.2, 0) is 26.2 Å². The average molecular weight is 522 g/mol. The Balaban J connectivity index is 2.47. The van der Waals surface area contributed by atoms with Crippen LogP contribution in [0.2, 0.25) is 5.02 Å². The Labute approximate surface area is 214 Å². The van der Waals surface area contributed by atoms with E-state index in [2.05, 4.69) is 5.32 Å². The highest BCUT2D eigenvalue weighted by Gasteiger charge is 2.32. The number of aryl methyl sites for hydroxylation is 2. The minimum Gasteiger partial charge on any atom is -0.352 e. The number of benzene rings is 2. The van der Waals surface area contributed by atoms with Crippen LogP contribution in [-0.4, -0.2) is 50.0 Å². The largest absolute Gasteiger partial charge is 0.352 e. The Morgan fingerprint density at radius 2 is 1.66 bits per heavy atom. The third-order valence-corrected chi connectivity index (χ3v) is 7.34. The molecule has 7 nitrogen and oxygen atoms in total. The van der Waals surface area contributed by atoms with Gasteiger partial charge in [0.2, 0.25) is 21.8 Å². The summed E-state index contributed by atoms with van der Waals surface area (Å²) in [5.41, 5.74) is 2.93. The Bertz CT molecular complexity index is 1140. The number of sulfonamides is 1. The summed E-state index contributed by atoms with van der Waals surface area (Å²) < 4.78 is 26.5. The molecular weight excluding hydrogens is 486 g/mol. The van der Waals surface area contributed by atoms with E-state index in [0.717, 1.165) is 28.1 Å². The van der Waals surface area contributed by atoms with Crippen LogP contribution in [0.4, 0.5) is 5.69 Å². The zero-order valence-electron chi connectivity index (χ0n) is 21.3. The van der Waals surface area contributed by atoms with Crippen molar-refractivity contribution in [3.05, 3.63) is 64.2 Å². The van der Waals surface area contributed by atoms with Crippen LogP contribution in [0.15, 0.2) is 42.5 Å². The number of nitrogens with zero attached hydrogens (tertiary/aromatic N) is 2. The van der Waals surface area contributed by atoms with Gasteiger partial charge in [-0.05, 0) is 56.9 Å². The second-order valence-electron chi connectivity index (χ2n) is 8.95. The summed E-state index contributed by atoms with van der Waals surface area (Å²) in [6.07, 6.45) is 2.19. The lowest BCUT2D eigenvalue weighted by molar-refractivity contribution is -0.140.